The predicted molar refractivity (Wildman–Crippen MR) is 43.4 cm³/mol. The van der Waals surface area contributed by atoms with Gasteiger partial charge in [0.1, 0.15) is 0 Å². The van der Waals surface area contributed by atoms with Gasteiger partial charge >= 0.3 is 5.97 Å². The van der Waals surface area contributed by atoms with E-state index >= 15 is 0 Å². The number of nitrogens with one attached hydrogen (secondary N) is 1. The second-order valence-corrected chi connectivity index (χ2v) is 2.40. The molecule has 0 unspecified atom stereocenters. The Morgan fingerprint density at radius 1 is 1.67 bits per heavy atom. The van der Waals surface area contributed by atoms with Crippen LogP contribution < -0.4 is 5.56 Å². The highest BCUT2D eigenvalue weighted by Gasteiger charge is 2.04. The lowest BCUT2D eigenvalue weighted by atomic mass is 10.1. The van der Waals surface area contributed by atoms with Crippen molar-refractivity contribution in [2.75, 3.05) is 0 Å². The van der Waals surface area contributed by atoms with Crippen LogP contribution in [0.4, 0.5) is 0 Å². The van der Waals surface area contributed by atoms with Crippen molar-refractivity contribution in [1.29, 1.82) is 0 Å². The van der Waals surface area contributed by atoms with Crippen molar-refractivity contribution in [2.24, 2.45) is 0 Å². The van der Waals surface area contributed by atoms with Gasteiger partial charge in [0.15, 0.2) is 0 Å². The minimum Gasteiger partial charge on any atom is -0.478 e. The van der Waals surface area contributed by atoms with Crippen LogP contribution in [0.1, 0.15) is 22.8 Å². The standard InChI is InChI=1S/C8H9NO3/c1-2-5-3-6(8(11)12)4-9-7(5)10/h3-4H,2H2,1H3,(H,9,10)(H,11,12). The van der Waals surface area contributed by atoms with E-state index in [0.29, 0.717) is 12.0 Å². The SMILES string of the molecule is CCc1cc(C(=O)O)c[nH]c1=O. The zero-order valence-electron chi connectivity index (χ0n) is 6.63. The number of pyridine rings is 1. The van der Waals surface area contributed by atoms with E-state index in [0.717, 1.165) is 0 Å². The fourth-order valence-corrected chi connectivity index (χ4v) is 0.917. The van der Waals surface area contributed by atoms with Crippen LogP contribution in [-0.2, 0) is 6.42 Å². The third kappa shape index (κ3) is 1.53. The molecular formula is C8H9NO3. The Morgan fingerprint density at radius 2 is 2.33 bits per heavy atom. The van der Waals surface area contributed by atoms with Gasteiger partial charge in [0, 0.05) is 11.8 Å². The Labute approximate surface area is 68.9 Å². The maximum Gasteiger partial charge on any atom is 0.337 e. The highest BCUT2D eigenvalue weighted by Crippen LogP contribution is 1.98. The first kappa shape index (κ1) is 8.52. The van der Waals surface area contributed by atoms with Crippen LogP contribution in [0.25, 0.3) is 0 Å². The molecule has 4 heteroatoms. The van der Waals surface area contributed by atoms with Crippen LogP contribution in [-0.4, -0.2) is 16.1 Å². The van der Waals surface area contributed by atoms with E-state index < -0.39 is 5.97 Å². The summed E-state index contributed by atoms with van der Waals surface area (Å²) in [6.07, 6.45) is 1.74. The number of carboxylic acids is 1. The molecule has 0 aliphatic heterocycles. The number of aromatic carboxylic acids is 1. The minimum absolute atomic E-state index is 0.117. The molecule has 0 aliphatic carbocycles. The molecule has 1 aromatic rings. The molecule has 1 heterocycles. The quantitative estimate of drug-likeness (QED) is 0.678. The van der Waals surface area contributed by atoms with Gasteiger partial charge in [-0.25, -0.2) is 4.79 Å². The van der Waals surface area contributed by atoms with Crippen LogP contribution >= 0.6 is 0 Å². The molecule has 12 heavy (non-hydrogen) atoms. The molecule has 0 saturated carbocycles. The van der Waals surface area contributed by atoms with Gasteiger partial charge in [0.2, 0.25) is 0 Å². The number of aryl methyl sites for hydroxylation is 1. The molecule has 0 amide bonds. The van der Waals surface area contributed by atoms with Crippen LogP contribution in [0.5, 0.6) is 0 Å². The summed E-state index contributed by atoms with van der Waals surface area (Å²) in [5.41, 5.74) is 0.392. The molecule has 64 valence electrons. The normalized spacial score (nSPS) is 9.75. The molecule has 1 rings (SSSR count). The number of rotatable bonds is 2. The van der Waals surface area contributed by atoms with Crippen LogP contribution in [0, 0.1) is 0 Å². The van der Waals surface area contributed by atoms with E-state index in [9.17, 15) is 9.59 Å². The molecule has 1 aromatic heterocycles. The number of hydrogen-bond donors (Lipinski definition) is 2. The predicted octanol–water partition coefficient (Wildman–Crippen LogP) is 0.635. The van der Waals surface area contributed by atoms with Crippen molar-refractivity contribution >= 4 is 5.97 Å². The van der Waals surface area contributed by atoms with Crippen molar-refractivity contribution in [3.05, 3.63) is 33.7 Å². The fraction of sp³-hybridized carbons (Fsp3) is 0.250. The molecule has 0 atom stereocenters. The van der Waals surface area contributed by atoms with Crippen molar-refractivity contribution < 1.29 is 9.90 Å². The smallest absolute Gasteiger partial charge is 0.337 e. The maximum atomic E-state index is 11.0. The largest absolute Gasteiger partial charge is 0.478 e. The number of aromatic nitrogens is 1. The van der Waals surface area contributed by atoms with Crippen LogP contribution in [0.3, 0.4) is 0 Å². The minimum atomic E-state index is -1.03. The van der Waals surface area contributed by atoms with Gasteiger partial charge in [0.25, 0.3) is 5.56 Å². The average molecular weight is 167 g/mol. The number of aromatic amines is 1. The Hall–Kier alpha value is -1.58. The Kier molecular flexibility index (Phi) is 2.28. The van der Waals surface area contributed by atoms with Gasteiger partial charge in [-0.1, -0.05) is 6.92 Å². The van der Waals surface area contributed by atoms with Gasteiger partial charge in [0.05, 0.1) is 5.56 Å². The van der Waals surface area contributed by atoms with Gasteiger partial charge in [-0.3, -0.25) is 4.79 Å². The topological polar surface area (TPSA) is 70.2 Å². The number of hydrogen-bond acceptors (Lipinski definition) is 2. The second-order valence-electron chi connectivity index (χ2n) is 2.40. The summed E-state index contributed by atoms with van der Waals surface area (Å²) in [5.74, 6) is -1.03. The lowest BCUT2D eigenvalue weighted by Crippen LogP contribution is -2.13. The number of carboxylic acid groups (broad SMARTS) is 1. The Bertz CT molecular complexity index is 354. The molecular weight excluding hydrogens is 158 g/mol. The van der Waals surface area contributed by atoms with Gasteiger partial charge in [-0.05, 0) is 12.5 Å². The number of H-pyrrole nitrogens is 1. The number of carbonyl (C=O) groups is 1. The molecule has 0 bridgehead atoms. The third-order valence-corrected chi connectivity index (χ3v) is 1.61. The molecule has 4 nitrogen and oxygen atoms in total. The second kappa shape index (κ2) is 3.21. The van der Waals surface area contributed by atoms with Gasteiger partial charge in [-0.15, -0.1) is 0 Å². The van der Waals surface area contributed by atoms with Gasteiger partial charge < -0.3 is 10.1 Å². The van der Waals surface area contributed by atoms with Crippen molar-refractivity contribution in [1.82, 2.24) is 4.98 Å². The summed E-state index contributed by atoms with van der Waals surface area (Å²) in [6.45, 7) is 1.80. The van der Waals surface area contributed by atoms with Crippen molar-refractivity contribution in [3.63, 3.8) is 0 Å². The first-order chi connectivity index (χ1) is 5.65. The summed E-state index contributed by atoms with van der Waals surface area (Å²) in [5, 5.41) is 8.57. The zero-order chi connectivity index (χ0) is 9.14. The molecule has 0 aliphatic rings. The fourth-order valence-electron chi connectivity index (χ4n) is 0.917. The highest BCUT2D eigenvalue weighted by atomic mass is 16.4. The van der Waals surface area contributed by atoms with Crippen LogP contribution in [0.15, 0.2) is 17.1 Å². The van der Waals surface area contributed by atoms with Crippen LogP contribution in [0.2, 0.25) is 0 Å². The summed E-state index contributed by atoms with van der Waals surface area (Å²) in [6, 6.07) is 1.39. The van der Waals surface area contributed by atoms with E-state index in [2.05, 4.69) is 4.98 Å². The lowest BCUT2D eigenvalue weighted by molar-refractivity contribution is 0.0696. The van der Waals surface area contributed by atoms with E-state index in [4.69, 9.17) is 5.11 Å². The van der Waals surface area contributed by atoms with E-state index in [1.165, 1.54) is 12.3 Å². The zero-order valence-corrected chi connectivity index (χ0v) is 6.63. The molecule has 0 saturated heterocycles. The van der Waals surface area contributed by atoms with E-state index in [1.807, 2.05) is 0 Å². The third-order valence-electron chi connectivity index (χ3n) is 1.61. The molecule has 2 N–H and O–H groups in total. The maximum absolute atomic E-state index is 11.0. The average Bonchev–Trinajstić information content (AvgIpc) is 2.05. The van der Waals surface area contributed by atoms with Gasteiger partial charge in [-0.2, -0.15) is 0 Å². The highest BCUT2D eigenvalue weighted by molar-refractivity contribution is 5.87. The Morgan fingerprint density at radius 3 is 2.83 bits per heavy atom. The van der Waals surface area contributed by atoms with E-state index in [-0.39, 0.29) is 11.1 Å². The molecule has 0 aromatic carbocycles. The lowest BCUT2D eigenvalue weighted by Gasteiger charge is -1.96. The summed E-state index contributed by atoms with van der Waals surface area (Å²) in [7, 11) is 0. The van der Waals surface area contributed by atoms with E-state index in [1.54, 1.807) is 6.92 Å². The molecule has 0 radical (unpaired) electrons. The van der Waals surface area contributed by atoms with Crippen molar-refractivity contribution in [2.45, 2.75) is 13.3 Å². The summed E-state index contributed by atoms with van der Waals surface area (Å²) < 4.78 is 0. The Balaban J connectivity index is 3.23. The van der Waals surface area contributed by atoms with Crippen molar-refractivity contribution in [3.8, 4) is 0 Å². The first-order valence-corrected chi connectivity index (χ1v) is 3.60. The monoisotopic (exact) mass is 167 g/mol. The molecule has 0 fully saturated rings. The summed E-state index contributed by atoms with van der Waals surface area (Å²) >= 11 is 0. The molecule has 0 spiro atoms. The first-order valence-electron chi connectivity index (χ1n) is 3.60. The summed E-state index contributed by atoms with van der Waals surface area (Å²) in [4.78, 5) is 23.8.